The molecule has 1 saturated heterocycles. The van der Waals surface area contributed by atoms with Gasteiger partial charge in [0, 0.05) is 73.5 Å². The summed E-state index contributed by atoms with van der Waals surface area (Å²) in [7, 11) is 0. The predicted octanol–water partition coefficient (Wildman–Crippen LogP) is 3.13. The summed E-state index contributed by atoms with van der Waals surface area (Å²) < 4.78 is 39.3. The average Bonchev–Trinajstić information content (AvgIpc) is 2.80. The van der Waals surface area contributed by atoms with Gasteiger partial charge in [0.25, 0.3) is 5.56 Å². The highest BCUT2D eigenvalue weighted by Crippen LogP contribution is 2.32. The maximum absolute atomic E-state index is 13.1. The molecule has 33 heavy (non-hydrogen) atoms. The Balaban J connectivity index is 1.57. The minimum absolute atomic E-state index is 0.0965. The molecule has 7 nitrogen and oxygen atoms in total. The molecular weight excluding hydrogens is 433 g/mol. The lowest BCUT2D eigenvalue weighted by atomic mass is 9.99. The molecule has 1 aliphatic heterocycles. The molecular formula is C23H23F3N6O. The lowest BCUT2D eigenvalue weighted by Gasteiger charge is -2.36. The zero-order valence-electron chi connectivity index (χ0n) is 17.7. The second-order valence-electron chi connectivity index (χ2n) is 7.80. The van der Waals surface area contributed by atoms with Crippen molar-refractivity contribution in [1.82, 2.24) is 14.9 Å². The van der Waals surface area contributed by atoms with E-state index in [4.69, 9.17) is 11.1 Å². The Bertz CT molecular complexity index is 1260. The van der Waals surface area contributed by atoms with E-state index in [1.165, 1.54) is 6.07 Å². The van der Waals surface area contributed by atoms with Gasteiger partial charge in [-0.1, -0.05) is 12.1 Å². The maximum atomic E-state index is 13.1. The number of alkyl halides is 3. The number of nitrogens with one attached hydrogen (secondary N) is 2. The standard InChI is InChI=1S/C23H23F3N6O/c24-23(25,26)21(28)18(13-27)15-3-4-19-17(12-15)20(5-7-29-19)32-10-8-31(9-11-32)14-16-2-1-6-30-22(16)33/h1-7,12-13,28H,8-11,14,27H2,(H,30,33)/b18-13-,28-21?. The van der Waals surface area contributed by atoms with Crippen molar-refractivity contribution in [3.05, 3.63) is 76.5 Å². The molecule has 2 aromatic heterocycles. The lowest BCUT2D eigenvalue weighted by Crippen LogP contribution is -2.46. The quantitative estimate of drug-likeness (QED) is 0.512. The van der Waals surface area contributed by atoms with Crippen molar-refractivity contribution >= 4 is 27.9 Å². The number of rotatable bonds is 5. The molecule has 1 aromatic carbocycles. The second kappa shape index (κ2) is 9.07. The summed E-state index contributed by atoms with van der Waals surface area (Å²) in [6, 6.07) is 10.2. The lowest BCUT2D eigenvalue weighted by molar-refractivity contribution is -0.0578. The molecule has 1 fully saturated rings. The van der Waals surface area contributed by atoms with Crippen molar-refractivity contribution in [3.8, 4) is 0 Å². The fourth-order valence-corrected chi connectivity index (χ4v) is 4.02. The molecule has 4 rings (SSSR count). The van der Waals surface area contributed by atoms with Gasteiger partial charge in [-0.2, -0.15) is 13.2 Å². The summed E-state index contributed by atoms with van der Waals surface area (Å²) in [4.78, 5) is 23.3. The van der Waals surface area contributed by atoms with E-state index in [0.29, 0.717) is 36.1 Å². The minimum atomic E-state index is -4.80. The van der Waals surface area contributed by atoms with Crippen LogP contribution in [-0.2, 0) is 6.54 Å². The normalized spacial score (nSPS) is 15.7. The van der Waals surface area contributed by atoms with Crippen LogP contribution in [0.25, 0.3) is 16.5 Å². The summed E-state index contributed by atoms with van der Waals surface area (Å²) in [5.74, 6) is 0. The van der Waals surface area contributed by atoms with E-state index in [9.17, 15) is 18.0 Å². The van der Waals surface area contributed by atoms with Crippen LogP contribution in [-0.4, -0.2) is 52.9 Å². The average molecular weight is 456 g/mol. The monoisotopic (exact) mass is 456 g/mol. The Labute approximate surface area is 187 Å². The number of halogens is 3. The number of hydrogen-bond acceptors (Lipinski definition) is 6. The number of anilines is 1. The Morgan fingerprint density at radius 3 is 2.61 bits per heavy atom. The van der Waals surface area contributed by atoms with E-state index in [-0.39, 0.29) is 16.7 Å². The first-order valence-corrected chi connectivity index (χ1v) is 10.4. The van der Waals surface area contributed by atoms with Crippen LogP contribution in [0.15, 0.2) is 59.8 Å². The van der Waals surface area contributed by atoms with Crippen LogP contribution >= 0.6 is 0 Å². The zero-order valence-corrected chi connectivity index (χ0v) is 17.7. The molecule has 0 spiro atoms. The van der Waals surface area contributed by atoms with Gasteiger partial charge in [0.15, 0.2) is 0 Å². The van der Waals surface area contributed by atoms with Crippen LogP contribution in [0.1, 0.15) is 11.1 Å². The molecule has 0 amide bonds. The Hall–Kier alpha value is -3.66. The smallest absolute Gasteiger partial charge is 0.404 e. The molecule has 0 radical (unpaired) electrons. The van der Waals surface area contributed by atoms with Gasteiger partial charge in [-0.25, -0.2) is 0 Å². The maximum Gasteiger partial charge on any atom is 0.433 e. The van der Waals surface area contributed by atoms with Gasteiger partial charge in [0.2, 0.25) is 0 Å². The molecule has 0 atom stereocenters. The number of aromatic amines is 1. The third-order valence-electron chi connectivity index (χ3n) is 5.76. The number of hydrogen-bond donors (Lipinski definition) is 3. The van der Waals surface area contributed by atoms with Crippen molar-refractivity contribution in [2.45, 2.75) is 12.7 Å². The third-order valence-corrected chi connectivity index (χ3v) is 5.76. The van der Waals surface area contributed by atoms with Crippen LogP contribution in [0.2, 0.25) is 0 Å². The third kappa shape index (κ3) is 4.75. The van der Waals surface area contributed by atoms with Gasteiger partial charge < -0.3 is 15.6 Å². The Morgan fingerprint density at radius 1 is 1.18 bits per heavy atom. The topological polar surface area (TPSA) is 102 Å². The predicted molar refractivity (Wildman–Crippen MR) is 122 cm³/mol. The molecule has 3 heterocycles. The molecule has 3 aromatic rings. The van der Waals surface area contributed by atoms with Gasteiger partial charge in [0.1, 0.15) is 5.71 Å². The fourth-order valence-electron chi connectivity index (χ4n) is 4.02. The number of H-pyrrole nitrogens is 1. The van der Waals surface area contributed by atoms with E-state index in [2.05, 4.69) is 19.8 Å². The van der Waals surface area contributed by atoms with Crippen LogP contribution in [0, 0.1) is 5.41 Å². The molecule has 0 unspecified atom stereocenters. The molecule has 0 aliphatic carbocycles. The van der Waals surface area contributed by atoms with Crippen molar-refractivity contribution in [3.63, 3.8) is 0 Å². The van der Waals surface area contributed by atoms with E-state index in [0.717, 1.165) is 25.0 Å². The van der Waals surface area contributed by atoms with Crippen LogP contribution in [0.4, 0.5) is 18.9 Å². The molecule has 10 heteroatoms. The number of aromatic nitrogens is 2. The largest absolute Gasteiger partial charge is 0.433 e. The molecule has 0 saturated carbocycles. The summed E-state index contributed by atoms with van der Waals surface area (Å²) in [6.07, 6.45) is -0.704. The highest BCUT2D eigenvalue weighted by Gasteiger charge is 2.37. The number of benzene rings is 1. The number of fused-ring (bicyclic) bond motifs is 1. The van der Waals surface area contributed by atoms with E-state index < -0.39 is 11.9 Å². The highest BCUT2D eigenvalue weighted by atomic mass is 19.4. The molecule has 4 N–H and O–H groups in total. The zero-order chi connectivity index (χ0) is 23.6. The van der Waals surface area contributed by atoms with E-state index >= 15 is 0 Å². The number of allylic oxidation sites excluding steroid dienone is 1. The summed E-state index contributed by atoms with van der Waals surface area (Å²) >= 11 is 0. The number of nitrogens with zero attached hydrogens (tertiary/aromatic N) is 3. The summed E-state index contributed by atoms with van der Waals surface area (Å²) in [6.45, 7) is 3.38. The van der Waals surface area contributed by atoms with Crippen LogP contribution in [0.3, 0.4) is 0 Å². The van der Waals surface area contributed by atoms with E-state index in [1.54, 1.807) is 30.6 Å². The summed E-state index contributed by atoms with van der Waals surface area (Å²) in [5, 5.41) is 8.18. The van der Waals surface area contributed by atoms with Gasteiger partial charge >= 0.3 is 6.18 Å². The summed E-state index contributed by atoms with van der Waals surface area (Å²) in [5.41, 5.74) is 5.91. The fraction of sp³-hybridized carbons (Fsp3) is 0.261. The second-order valence-corrected chi connectivity index (χ2v) is 7.80. The van der Waals surface area contributed by atoms with Crippen molar-refractivity contribution < 1.29 is 13.2 Å². The highest BCUT2D eigenvalue weighted by molar-refractivity contribution is 6.25. The van der Waals surface area contributed by atoms with Gasteiger partial charge in [0.05, 0.1) is 5.52 Å². The molecule has 1 aliphatic rings. The SMILES string of the molecule is N=C(/C(=C\N)c1ccc2nccc(N3CCN(Cc4ccc[nH]c4=O)CC3)c2c1)C(F)(F)F. The van der Waals surface area contributed by atoms with Crippen molar-refractivity contribution in [2.75, 3.05) is 31.1 Å². The number of nitrogens with two attached hydrogens (primary N) is 1. The number of piperazine rings is 1. The number of pyridine rings is 2. The van der Waals surface area contributed by atoms with Crippen molar-refractivity contribution in [1.29, 1.82) is 5.41 Å². The van der Waals surface area contributed by atoms with Gasteiger partial charge in [-0.3, -0.25) is 20.1 Å². The molecule has 172 valence electrons. The Kier molecular flexibility index (Phi) is 6.19. The van der Waals surface area contributed by atoms with Crippen LogP contribution in [0.5, 0.6) is 0 Å². The van der Waals surface area contributed by atoms with E-state index in [1.807, 2.05) is 12.1 Å². The van der Waals surface area contributed by atoms with Gasteiger partial charge in [-0.15, -0.1) is 0 Å². The first kappa shape index (κ1) is 22.5. The van der Waals surface area contributed by atoms with Crippen molar-refractivity contribution in [2.24, 2.45) is 5.73 Å². The first-order chi connectivity index (χ1) is 15.8. The van der Waals surface area contributed by atoms with Gasteiger partial charge in [-0.05, 0) is 29.8 Å². The van der Waals surface area contributed by atoms with Crippen LogP contribution < -0.4 is 16.2 Å². The minimum Gasteiger partial charge on any atom is -0.404 e. The first-order valence-electron chi connectivity index (χ1n) is 10.4. The molecule has 0 bridgehead atoms. The Morgan fingerprint density at radius 2 is 1.94 bits per heavy atom.